The summed E-state index contributed by atoms with van der Waals surface area (Å²) in [6.07, 6.45) is -5.32. The highest BCUT2D eigenvalue weighted by molar-refractivity contribution is 5.94. The Bertz CT molecular complexity index is 678. The van der Waals surface area contributed by atoms with Crippen LogP contribution >= 0.6 is 0 Å². The molecule has 0 bridgehead atoms. The Morgan fingerprint density at radius 3 is 2.56 bits per heavy atom. The summed E-state index contributed by atoms with van der Waals surface area (Å²) in [6, 6.07) is 4.63. The number of carbonyl (C=O) groups is 3. The predicted octanol–water partition coefficient (Wildman–Crippen LogP) is 0.137. The van der Waals surface area contributed by atoms with Crippen LogP contribution in [0.25, 0.3) is 0 Å². The van der Waals surface area contributed by atoms with Gasteiger partial charge in [-0.15, -0.1) is 0 Å². The molecule has 1 aliphatic rings. The molecule has 25 heavy (non-hydrogen) atoms. The van der Waals surface area contributed by atoms with Gasteiger partial charge in [0.05, 0.1) is 24.8 Å². The molecule has 1 aromatic rings. The van der Waals surface area contributed by atoms with Crippen molar-refractivity contribution in [1.29, 1.82) is 0 Å². The van der Waals surface area contributed by atoms with Gasteiger partial charge < -0.3 is 15.0 Å². The second-order valence-corrected chi connectivity index (χ2v) is 5.56. The fourth-order valence-corrected chi connectivity index (χ4v) is 2.34. The SMILES string of the molecule is C[NH+](CC(=O)Nc1ccccc1C(F)(F)F)CC(=O)N1CCOC1=O. The molecule has 0 radical (unpaired) electrons. The lowest BCUT2D eigenvalue weighted by Crippen LogP contribution is -3.11. The first kappa shape index (κ1) is 18.7. The number of rotatable bonds is 5. The Morgan fingerprint density at radius 1 is 1.28 bits per heavy atom. The van der Waals surface area contributed by atoms with Gasteiger partial charge in [0.25, 0.3) is 11.8 Å². The topological polar surface area (TPSA) is 80.2 Å². The molecule has 1 saturated heterocycles. The zero-order valence-electron chi connectivity index (χ0n) is 13.4. The summed E-state index contributed by atoms with van der Waals surface area (Å²) >= 11 is 0. The third-order valence-electron chi connectivity index (χ3n) is 3.48. The highest BCUT2D eigenvalue weighted by Crippen LogP contribution is 2.34. The van der Waals surface area contributed by atoms with Crippen LogP contribution < -0.4 is 10.2 Å². The van der Waals surface area contributed by atoms with Gasteiger partial charge >= 0.3 is 12.3 Å². The van der Waals surface area contributed by atoms with Gasteiger partial charge in [-0.25, -0.2) is 9.69 Å². The molecule has 3 amide bonds. The first-order valence-corrected chi connectivity index (χ1v) is 7.43. The zero-order valence-corrected chi connectivity index (χ0v) is 13.4. The van der Waals surface area contributed by atoms with Gasteiger partial charge in [0, 0.05) is 0 Å². The van der Waals surface area contributed by atoms with Crippen LogP contribution in [0.1, 0.15) is 5.56 Å². The molecule has 1 heterocycles. The van der Waals surface area contributed by atoms with E-state index < -0.39 is 29.6 Å². The zero-order chi connectivity index (χ0) is 18.6. The van der Waals surface area contributed by atoms with E-state index in [-0.39, 0.29) is 31.9 Å². The molecular weight excluding hydrogens is 343 g/mol. The van der Waals surface area contributed by atoms with E-state index in [1.54, 1.807) is 0 Å². The molecule has 0 saturated carbocycles. The highest BCUT2D eigenvalue weighted by Gasteiger charge is 2.34. The molecule has 0 aliphatic carbocycles. The second-order valence-electron chi connectivity index (χ2n) is 5.56. The molecule has 1 fully saturated rings. The first-order valence-electron chi connectivity index (χ1n) is 7.43. The van der Waals surface area contributed by atoms with Crippen molar-refractivity contribution in [3.8, 4) is 0 Å². The number of likely N-dealkylation sites (N-methyl/N-ethyl adjacent to an activating group) is 1. The molecule has 7 nitrogen and oxygen atoms in total. The minimum atomic E-state index is -4.59. The smallest absolute Gasteiger partial charge is 0.418 e. The third-order valence-corrected chi connectivity index (χ3v) is 3.48. The van der Waals surface area contributed by atoms with Crippen molar-refractivity contribution in [2.75, 3.05) is 38.6 Å². The van der Waals surface area contributed by atoms with Crippen molar-refractivity contribution >= 4 is 23.6 Å². The van der Waals surface area contributed by atoms with Crippen LogP contribution in [0, 0.1) is 0 Å². The van der Waals surface area contributed by atoms with E-state index in [9.17, 15) is 27.6 Å². The summed E-state index contributed by atoms with van der Waals surface area (Å²) in [4.78, 5) is 36.5. The number of hydrogen-bond acceptors (Lipinski definition) is 4. The fraction of sp³-hybridized carbons (Fsp3) is 0.400. The van der Waals surface area contributed by atoms with Crippen LogP contribution in [-0.4, -0.2) is 56.1 Å². The molecule has 1 unspecified atom stereocenters. The molecule has 0 aromatic heterocycles. The Morgan fingerprint density at radius 2 is 1.96 bits per heavy atom. The molecule has 1 aromatic carbocycles. The number of nitrogens with zero attached hydrogens (tertiary/aromatic N) is 1. The number of alkyl halides is 3. The van der Waals surface area contributed by atoms with E-state index in [1.807, 2.05) is 0 Å². The number of halogens is 3. The molecule has 1 aliphatic heterocycles. The fourth-order valence-electron chi connectivity index (χ4n) is 2.34. The summed E-state index contributed by atoms with van der Waals surface area (Å²) in [5.41, 5.74) is -1.29. The van der Waals surface area contributed by atoms with Crippen molar-refractivity contribution in [3.05, 3.63) is 29.8 Å². The summed E-state index contributed by atoms with van der Waals surface area (Å²) in [6.45, 7) is -0.126. The molecule has 2 N–H and O–H groups in total. The maximum atomic E-state index is 12.9. The number of para-hydroxylation sites is 1. The minimum absolute atomic E-state index is 0.123. The maximum absolute atomic E-state index is 12.9. The van der Waals surface area contributed by atoms with Crippen molar-refractivity contribution in [2.45, 2.75) is 6.18 Å². The lowest BCUT2D eigenvalue weighted by atomic mass is 10.1. The van der Waals surface area contributed by atoms with Gasteiger partial charge in [0.15, 0.2) is 13.1 Å². The van der Waals surface area contributed by atoms with Crippen LogP contribution in [-0.2, 0) is 20.5 Å². The number of ether oxygens (including phenoxy) is 1. The average molecular weight is 360 g/mol. The van der Waals surface area contributed by atoms with Gasteiger partial charge in [0.1, 0.15) is 6.61 Å². The van der Waals surface area contributed by atoms with E-state index in [0.29, 0.717) is 4.90 Å². The van der Waals surface area contributed by atoms with E-state index in [2.05, 4.69) is 10.1 Å². The van der Waals surface area contributed by atoms with Crippen LogP contribution in [0.5, 0.6) is 0 Å². The Balaban J connectivity index is 1.92. The van der Waals surface area contributed by atoms with Crippen molar-refractivity contribution in [1.82, 2.24) is 4.90 Å². The quantitative estimate of drug-likeness (QED) is 0.783. The van der Waals surface area contributed by atoms with E-state index in [1.165, 1.54) is 19.2 Å². The third kappa shape index (κ3) is 4.92. The number of nitrogens with one attached hydrogen (secondary N) is 2. The monoisotopic (exact) mass is 360 g/mol. The van der Waals surface area contributed by atoms with Crippen LogP contribution in [0.15, 0.2) is 24.3 Å². The number of carbonyl (C=O) groups excluding carboxylic acids is 3. The van der Waals surface area contributed by atoms with Crippen molar-refractivity contribution < 1.29 is 37.2 Å². The molecular formula is C15H17F3N3O4+. The highest BCUT2D eigenvalue weighted by atomic mass is 19.4. The van der Waals surface area contributed by atoms with Gasteiger partial charge in [-0.3, -0.25) is 9.59 Å². The minimum Gasteiger partial charge on any atom is -0.447 e. The van der Waals surface area contributed by atoms with Crippen molar-refractivity contribution in [2.24, 2.45) is 0 Å². The number of anilines is 1. The predicted molar refractivity (Wildman–Crippen MR) is 79.8 cm³/mol. The van der Waals surface area contributed by atoms with Crippen molar-refractivity contribution in [3.63, 3.8) is 0 Å². The average Bonchev–Trinajstić information content (AvgIpc) is 2.92. The molecule has 0 spiro atoms. The van der Waals surface area contributed by atoms with Crippen LogP contribution in [0.2, 0.25) is 0 Å². The maximum Gasteiger partial charge on any atom is 0.418 e. The lowest BCUT2D eigenvalue weighted by Gasteiger charge is -2.17. The summed E-state index contributed by atoms with van der Waals surface area (Å²) in [5, 5.41) is 2.20. The summed E-state index contributed by atoms with van der Waals surface area (Å²) in [7, 11) is 1.52. The first-order chi connectivity index (χ1) is 11.7. The molecule has 136 valence electrons. The van der Waals surface area contributed by atoms with E-state index in [0.717, 1.165) is 17.0 Å². The van der Waals surface area contributed by atoms with Crippen LogP contribution in [0.3, 0.4) is 0 Å². The number of hydrogen-bond donors (Lipinski definition) is 2. The largest absolute Gasteiger partial charge is 0.447 e. The number of cyclic esters (lactones) is 1. The summed E-state index contributed by atoms with van der Waals surface area (Å²) < 4.78 is 43.3. The Hall–Kier alpha value is -2.62. The number of amides is 3. The lowest BCUT2D eigenvalue weighted by molar-refractivity contribution is -0.862. The number of quaternary nitrogens is 1. The van der Waals surface area contributed by atoms with Crippen LogP contribution in [0.4, 0.5) is 23.7 Å². The molecule has 1 atom stereocenters. The normalized spacial score (nSPS) is 15.7. The Labute approximate surface area is 141 Å². The van der Waals surface area contributed by atoms with E-state index in [4.69, 9.17) is 0 Å². The second kappa shape index (κ2) is 7.51. The van der Waals surface area contributed by atoms with E-state index >= 15 is 0 Å². The molecule has 10 heteroatoms. The molecule has 2 rings (SSSR count). The number of benzene rings is 1. The summed E-state index contributed by atoms with van der Waals surface area (Å²) in [5.74, 6) is -1.19. The van der Waals surface area contributed by atoms with Gasteiger partial charge in [-0.2, -0.15) is 13.2 Å². The van der Waals surface area contributed by atoms with Gasteiger partial charge in [0.2, 0.25) is 0 Å². The van der Waals surface area contributed by atoms with Gasteiger partial charge in [-0.1, -0.05) is 12.1 Å². The van der Waals surface area contributed by atoms with Gasteiger partial charge in [-0.05, 0) is 12.1 Å². The Kier molecular flexibility index (Phi) is 5.62. The number of imide groups is 1. The standard InChI is InChI=1S/C15H16F3N3O4/c1-20(9-13(23)21-6-7-25-14(21)24)8-12(22)19-11-5-3-2-4-10(11)15(16,17)18/h2-5H,6-9H2,1H3,(H,19,22)/p+1.